The Morgan fingerprint density at radius 2 is 1.95 bits per heavy atom. The molecule has 9 heteroatoms. The van der Waals surface area contributed by atoms with Gasteiger partial charge in [0.05, 0.1) is 10.9 Å². The molecule has 1 N–H and O–H groups in total. The molecule has 1 aromatic carbocycles. The lowest BCUT2D eigenvalue weighted by Gasteiger charge is -2.11. The van der Waals surface area contributed by atoms with Crippen molar-refractivity contribution >= 4 is 15.7 Å². The summed E-state index contributed by atoms with van der Waals surface area (Å²) >= 11 is 0. The molecule has 0 aromatic heterocycles. The van der Waals surface area contributed by atoms with Gasteiger partial charge in [-0.3, -0.25) is 4.72 Å². The summed E-state index contributed by atoms with van der Waals surface area (Å²) in [4.78, 5) is 0. The zero-order chi connectivity index (χ0) is 15.0. The van der Waals surface area contributed by atoms with Gasteiger partial charge in [-0.1, -0.05) is 0 Å². The summed E-state index contributed by atoms with van der Waals surface area (Å²) < 4.78 is 78.9. The second-order valence-corrected chi connectivity index (χ2v) is 6.36. The molecule has 1 aliphatic rings. The van der Waals surface area contributed by atoms with Crippen LogP contribution in [0.5, 0.6) is 5.75 Å². The van der Waals surface area contributed by atoms with E-state index >= 15 is 0 Å². The van der Waals surface area contributed by atoms with Gasteiger partial charge in [0.25, 0.3) is 0 Å². The fourth-order valence-corrected chi connectivity index (χ4v) is 2.85. The highest BCUT2D eigenvalue weighted by molar-refractivity contribution is 7.93. The Morgan fingerprint density at radius 3 is 2.45 bits per heavy atom. The van der Waals surface area contributed by atoms with Crippen LogP contribution in [0.2, 0.25) is 0 Å². The number of rotatable bonds is 5. The lowest BCUT2D eigenvalue weighted by atomic mass is 10.3. The maximum absolute atomic E-state index is 13.5. The van der Waals surface area contributed by atoms with Crippen molar-refractivity contribution in [2.45, 2.75) is 24.3 Å². The highest BCUT2D eigenvalue weighted by atomic mass is 32.2. The zero-order valence-corrected chi connectivity index (χ0v) is 10.9. The third-order valence-electron chi connectivity index (χ3n) is 2.55. The number of anilines is 1. The minimum absolute atomic E-state index is 0.0474. The van der Waals surface area contributed by atoms with Gasteiger partial charge in [-0.25, -0.2) is 12.8 Å². The molecule has 0 aliphatic heterocycles. The SMILES string of the molecule is O=S(=O)(Nc1ccc(OCC(F)(F)F)c(F)c1)C1CC1. The largest absolute Gasteiger partial charge is 0.481 e. The highest BCUT2D eigenvalue weighted by Gasteiger charge is 2.35. The van der Waals surface area contributed by atoms with Gasteiger partial charge in [0, 0.05) is 6.07 Å². The Labute approximate surface area is 112 Å². The smallest absolute Gasteiger partial charge is 0.422 e. The minimum atomic E-state index is -4.57. The second kappa shape index (κ2) is 5.12. The quantitative estimate of drug-likeness (QED) is 0.850. The molecule has 0 bridgehead atoms. The van der Waals surface area contributed by atoms with E-state index < -0.39 is 39.6 Å². The fourth-order valence-electron chi connectivity index (χ4n) is 1.47. The van der Waals surface area contributed by atoms with Crippen LogP contribution >= 0.6 is 0 Å². The van der Waals surface area contributed by atoms with Crippen LogP contribution in [0.15, 0.2) is 18.2 Å². The molecule has 0 saturated heterocycles. The molecule has 20 heavy (non-hydrogen) atoms. The van der Waals surface area contributed by atoms with Gasteiger partial charge < -0.3 is 4.74 Å². The minimum Gasteiger partial charge on any atom is -0.481 e. The number of hydrogen-bond donors (Lipinski definition) is 1. The van der Waals surface area contributed by atoms with Crippen LogP contribution in [0.25, 0.3) is 0 Å². The van der Waals surface area contributed by atoms with Crippen molar-refractivity contribution in [3.63, 3.8) is 0 Å². The molecular weight excluding hydrogens is 302 g/mol. The van der Waals surface area contributed by atoms with Crippen molar-refractivity contribution in [1.82, 2.24) is 0 Å². The maximum atomic E-state index is 13.5. The maximum Gasteiger partial charge on any atom is 0.422 e. The number of alkyl halides is 3. The van der Waals surface area contributed by atoms with E-state index in [2.05, 4.69) is 9.46 Å². The fraction of sp³-hybridized carbons (Fsp3) is 0.455. The van der Waals surface area contributed by atoms with E-state index in [1.165, 1.54) is 0 Å². The molecular formula is C11H11F4NO3S. The van der Waals surface area contributed by atoms with Crippen LogP contribution in [0, 0.1) is 5.82 Å². The first kappa shape index (κ1) is 14.9. The summed E-state index contributed by atoms with van der Waals surface area (Å²) in [6.07, 6.45) is -3.48. The number of ether oxygens (including phenoxy) is 1. The molecule has 0 unspecified atom stereocenters. The van der Waals surface area contributed by atoms with Crippen LogP contribution < -0.4 is 9.46 Å². The van der Waals surface area contributed by atoms with E-state index in [1.54, 1.807) is 0 Å². The normalized spacial score (nSPS) is 16.0. The van der Waals surface area contributed by atoms with Crippen LogP contribution in [0.3, 0.4) is 0 Å². The van der Waals surface area contributed by atoms with Crippen LogP contribution in [-0.4, -0.2) is 26.5 Å². The van der Waals surface area contributed by atoms with E-state index in [0.29, 0.717) is 12.8 Å². The summed E-state index contributed by atoms with van der Waals surface area (Å²) in [6.45, 7) is -1.61. The molecule has 0 heterocycles. The predicted molar refractivity (Wildman–Crippen MR) is 63.5 cm³/mol. The first-order chi connectivity index (χ1) is 9.17. The summed E-state index contributed by atoms with van der Waals surface area (Å²) in [5.74, 6) is -1.65. The zero-order valence-electron chi connectivity index (χ0n) is 10.1. The first-order valence-electron chi connectivity index (χ1n) is 5.68. The van der Waals surface area contributed by atoms with Gasteiger partial charge >= 0.3 is 6.18 Å². The Balaban J connectivity index is 2.05. The molecule has 4 nitrogen and oxygen atoms in total. The van der Waals surface area contributed by atoms with Crippen LogP contribution in [-0.2, 0) is 10.0 Å². The van der Waals surface area contributed by atoms with Gasteiger partial charge in [0.1, 0.15) is 0 Å². The summed E-state index contributed by atoms with van der Waals surface area (Å²) in [6, 6.07) is 2.88. The third kappa shape index (κ3) is 3.99. The number of benzene rings is 1. The molecule has 0 amide bonds. The van der Waals surface area contributed by atoms with Gasteiger partial charge in [-0.05, 0) is 25.0 Å². The van der Waals surface area contributed by atoms with E-state index in [0.717, 1.165) is 18.2 Å². The van der Waals surface area contributed by atoms with Crippen molar-refractivity contribution in [3.8, 4) is 5.75 Å². The van der Waals surface area contributed by atoms with Crippen LogP contribution in [0.1, 0.15) is 12.8 Å². The Morgan fingerprint density at radius 1 is 1.30 bits per heavy atom. The van der Waals surface area contributed by atoms with Crippen molar-refractivity contribution in [2.24, 2.45) is 0 Å². The molecule has 2 rings (SSSR count). The van der Waals surface area contributed by atoms with Gasteiger partial charge in [-0.2, -0.15) is 13.2 Å². The van der Waals surface area contributed by atoms with Crippen molar-refractivity contribution in [3.05, 3.63) is 24.0 Å². The molecule has 0 atom stereocenters. The molecule has 1 saturated carbocycles. The van der Waals surface area contributed by atoms with Gasteiger partial charge in [-0.15, -0.1) is 0 Å². The molecule has 1 aromatic rings. The lowest BCUT2D eigenvalue weighted by molar-refractivity contribution is -0.153. The lowest BCUT2D eigenvalue weighted by Crippen LogP contribution is -2.20. The standard InChI is InChI=1S/C11H11F4NO3S/c12-9-5-7(16-20(17,18)8-2-3-8)1-4-10(9)19-6-11(13,14)15/h1,4-5,8,16H,2-3,6H2. The monoisotopic (exact) mass is 313 g/mol. The third-order valence-corrected chi connectivity index (χ3v) is 4.42. The first-order valence-corrected chi connectivity index (χ1v) is 7.23. The number of nitrogens with one attached hydrogen (secondary N) is 1. The van der Waals surface area contributed by atoms with Crippen molar-refractivity contribution in [2.75, 3.05) is 11.3 Å². The van der Waals surface area contributed by atoms with E-state index in [9.17, 15) is 26.0 Å². The van der Waals surface area contributed by atoms with Gasteiger partial charge in [0.15, 0.2) is 18.2 Å². The Hall–Kier alpha value is -1.51. The second-order valence-electron chi connectivity index (χ2n) is 4.40. The van der Waals surface area contributed by atoms with Gasteiger partial charge in [0.2, 0.25) is 10.0 Å². The Kier molecular flexibility index (Phi) is 3.81. The van der Waals surface area contributed by atoms with Crippen molar-refractivity contribution in [1.29, 1.82) is 0 Å². The topological polar surface area (TPSA) is 55.4 Å². The van der Waals surface area contributed by atoms with E-state index in [4.69, 9.17) is 0 Å². The van der Waals surface area contributed by atoms with E-state index in [1.807, 2.05) is 0 Å². The molecule has 1 fully saturated rings. The molecule has 0 spiro atoms. The summed E-state index contributed by atoms with van der Waals surface area (Å²) in [5.41, 5.74) is -0.0474. The predicted octanol–water partition coefficient (Wildman–Crippen LogP) is 2.67. The average Bonchev–Trinajstić information content (AvgIpc) is 3.09. The summed E-state index contributed by atoms with van der Waals surface area (Å²) in [5, 5.41) is -0.480. The average molecular weight is 313 g/mol. The Bertz CT molecular complexity index is 596. The molecule has 112 valence electrons. The molecule has 0 radical (unpaired) electrons. The van der Waals surface area contributed by atoms with E-state index in [-0.39, 0.29) is 5.69 Å². The van der Waals surface area contributed by atoms with Crippen LogP contribution in [0.4, 0.5) is 23.2 Å². The summed E-state index contributed by atoms with van der Waals surface area (Å²) in [7, 11) is -3.54. The molecule has 1 aliphatic carbocycles. The highest BCUT2D eigenvalue weighted by Crippen LogP contribution is 2.31. The number of sulfonamides is 1. The van der Waals surface area contributed by atoms with Crippen molar-refractivity contribution < 1.29 is 30.7 Å². The number of hydrogen-bond acceptors (Lipinski definition) is 3. The number of halogens is 4.